The molecule has 1 N–H and O–H groups in total. The van der Waals surface area contributed by atoms with Gasteiger partial charge < -0.3 is 10.0 Å². The van der Waals surface area contributed by atoms with Crippen molar-refractivity contribution in [1.82, 2.24) is 4.90 Å². The molecule has 0 radical (unpaired) electrons. The minimum Gasteiger partial charge on any atom is -0.388 e. The van der Waals surface area contributed by atoms with E-state index in [1.165, 1.54) is 30.5 Å². The first-order chi connectivity index (χ1) is 9.45. The number of hydrogen-bond acceptors (Lipinski definition) is 2. The van der Waals surface area contributed by atoms with Crippen LogP contribution in [0.25, 0.3) is 0 Å². The van der Waals surface area contributed by atoms with Gasteiger partial charge in [-0.3, -0.25) is 0 Å². The summed E-state index contributed by atoms with van der Waals surface area (Å²) in [6.45, 7) is 11.0. The molecule has 3 unspecified atom stereocenters. The number of benzene rings is 1. The quantitative estimate of drug-likeness (QED) is 0.902. The van der Waals surface area contributed by atoms with Crippen LogP contribution in [-0.2, 0) is 0 Å². The summed E-state index contributed by atoms with van der Waals surface area (Å²) in [5.41, 5.74) is 3.54. The van der Waals surface area contributed by atoms with Gasteiger partial charge in [0.2, 0.25) is 0 Å². The minimum absolute atomic E-state index is 0.335. The van der Waals surface area contributed by atoms with E-state index >= 15 is 0 Å². The fourth-order valence-corrected chi connectivity index (χ4v) is 3.35. The highest BCUT2D eigenvalue weighted by Gasteiger charge is 2.23. The molecule has 1 aliphatic rings. The Kier molecular flexibility index (Phi) is 5.22. The number of aliphatic hydroxyl groups is 1. The van der Waals surface area contributed by atoms with Gasteiger partial charge >= 0.3 is 0 Å². The normalized spacial score (nSPS) is 25.6. The van der Waals surface area contributed by atoms with Crippen LogP contribution in [0.5, 0.6) is 0 Å². The number of aryl methyl sites for hydroxylation is 2. The first kappa shape index (κ1) is 15.5. The Morgan fingerprint density at radius 2 is 1.80 bits per heavy atom. The van der Waals surface area contributed by atoms with E-state index in [0.717, 1.165) is 24.4 Å². The van der Waals surface area contributed by atoms with Crippen LogP contribution in [0.2, 0.25) is 0 Å². The molecule has 3 atom stereocenters. The van der Waals surface area contributed by atoms with Crippen molar-refractivity contribution in [2.24, 2.45) is 5.92 Å². The Bertz CT molecular complexity index is 423. The zero-order chi connectivity index (χ0) is 14.7. The lowest BCUT2D eigenvalue weighted by atomic mass is 9.94. The molecule has 1 aliphatic heterocycles. The lowest BCUT2D eigenvalue weighted by Gasteiger charge is -2.37. The Morgan fingerprint density at radius 1 is 1.15 bits per heavy atom. The van der Waals surface area contributed by atoms with E-state index in [4.69, 9.17) is 0 Å². The van der Waals surface area contributed by atoms with Gasteiger partial charge in [0.1, 0.15) is 0 Å². The second kappa shape index (κ2) is 6.73. The Balaban J connectivity index is 1.92. The highest BCUT2D eigenvalue weighted by atomic mass is 16.3. The number of piperidine rings is 1. The van der Waals surface area contributed by atoms with E-state index in [0.29, 0.717) is 6.04 Å². The van der Waals surface area contributed by atoms with Gasteiger partial charge in [-0.2, -0.15) is 0 Å². The van der Waals surface area contributed by atoms with Crippen molar-refractivity contribution in [2.45, 2.75) is 59.1 Å². The molecule has 1 fully saturated rings. The second-order valence-corrected chi connectivity index (χ2v) is 6.75. The molecule has 1 aromatic rings. The van der Waals surface area contributed by atoms with Gasteiger partial charge in [0.15, 0.2) is 0 Å². The summed E-state index contributed by atoms with van der Waals surface area (Å²) in [4.78, 5) is 2.54. The number of hydrogen-bond donors (Lipinski definition) is 1. The zero-order valence-corrected chi connectivity index (χ0v) is 13.4. The van der Waals surface area contributed by atoms with Crippen LogP contribution in [0.3, 0.4) is 0 Å². The largest absolute Gasteiger partial charge is 0.388 e. The van der Waals surface area contributed by atoms with Crippen LogP contribution < -0.4 is 0 Å². The molecule has 0 bridgehead atoms. The smallest absolute Gasteiger partial charge is 0.0802 e. The van der Waals surface area contributed by atoms with E-state index in [2.05, 4.69) is 50.8 Å². The van der Waals surface area contributed by atoms with Crippen molar-refractivity contribution < 1.29 is 5.11 Å². The van der Waals surface area contributed by atoms with Crippen molar-refractivity contribution >= 4 is 0 Å². The summed E-state index contributed by atoms with van der Waals surface area (Å²) in [5, 5.41) is 10.4. The molecule has 112 valence electrons. The van der Waals surface area contributed by atoms with E-state index in [9.17, 15) is 5.11 Å². The summed E-state index contributed by atoms with van der Waals surface area (Å²) < 4.78 is 0. The average Bonchev–Trinajstić information content (AvgIpc) is 2.38. The topological polar surface area (TPSA) is 23.5 Å². The molecular weight excluding hydrogens is 246 g/mol. The van der Waals surface area contributed by atoms with Gasteiger partial charge in [-0.05, 0) is 51.5 Å². The third kappa shape index (κ3) is 4.07. The standard InChI is InChI=1S/C18H29NO/c1-13-5-6-16(4)19(12-13)8-7-18(20)17-10-14(2)9-15(3)11-17/h9-11,13,16,18,20H,5-8,12H2,1-4H3. The SMILES string of the molecule is Cc1cc(C)cc(C(O)CCN2CC(C)CCC2C)c1. The van der Waals surface area contributed by atoms with Crippen LogP contribution in [-0.4, -0.2) is 29.1 Å². The Morgan fingerprint density at radius 3 is 2.45 bits per heavy atom. The predicted octanol–water partition coefficient (Wildman–Crippen LogP) is 3.85. The van der Waals surface area contributed by atoms with Gasteiger partial charge in [-0.15, -0.1) is 0 Å². The fourth-order valence-electron chi connectivity index (χ4n) is 3.35. The van der Waals surface area contributed by atoms with Gasteiger partial charge in [-0.1, -0.05) is 36.2 Å². The molecule has 0 aliphatic carbocycles. The maximum Gasteiger partial charge on any atom is 0.0802 e. The van der Waals surface area contributed by atoms with Crippen LogP contribution in [0.1, 0.15) is 55.9 Å². The zero-order valence-electron chi connectivity index (χ0n) is 13.4. The summed E-state index contributed by atoms with van der Waals surface area (Å²) >= 11 is 0. The second-order valence-electron chi connectivity index (χ2n) is 6.75. The summed E-state index contributed by atoms with van der Waals surface area (Å²) in [6, 6.07) is 7.04. The van der Waals surface area contributed by atoms with Crippen LogP contribution in [0.4, 0.5) is 0 Å². The average molecular weight is 275 g/mol. The molecule has 0 aromatic heterocycles. The molecule has 0 saturated carbocycles. The number of rotatable bonds is 4. The fraction of sp³-hybridized carbons (Fsp3) is 0.667. The molecule has 0 amide bonds. The summed E-state index contributed by atoms with van der Waals surface area (Å²) in [7, 11) is 0. The van der Waals surface area contributed by atoms with Crippen molar-refractivity contribution in [3.05, 3.63) is 34.9 Å². The molecule has 2 nitrogen and oxygen atoms in total. The molecule has 2 rings (SSSR count). The van der Waals surface area contributed by atoms with Crippen LogP contribution >= 0.6 is 0 Å². The van der Waals surface area contributed by atoms with E-state index in [1.54, 1.807) is 0 Å². The number of likely N-dealkylation sites (tertiary alicyclic amines) is 1. The summed E-state index contributed by atoms with van der Waals surface area (Å²) in [5.74, 6) is 0.796. The van der Waals surface area contributed by atoms with Crippen molar-refractivity contribution in [1.29, 1.82) is 0 Å². The molecule has 2 heteroatoms. The number of aliphatic hydroxyl groups excluding tert-OH is 1. The number of nitrogens with zero attached hydrogens (tertiary/aromatic N) is 1. The first-order valence-corrected chi connectivity index (χ1v) is 7.96. The highest BCUT2D eigenvalue weighted by Crippen LogP contribution is 2.24. The van der Waals surface area contributed by atoms with Crippen molar-refractivity contribution in [3.8, 4) is 0 Å². The van der Waals surface area contributed by atoms with Gasteiger partial charge in [0, 0.05) is 19.1 Å². The monoisotopic (exact) mass is 275 g/mol. The third-order valence-electron chi connectivity index (χ3n) is 4.57. The highest BCUT2D eigenvalue weighted by molar-refractivity contribution is 5.29. The molecule has 1 aromatic carbocycles. The molecule has 0 spiro atoms. The minimum atomic E-state index is -0.335. The van der Waals surface area contributed by atoms with Gasteiger partial charge in [0.05, 0.1) is 6.10 Å². The maximum atomic E-state index is 10.4. The van der Waals surface area contributed by atoms with Crippen molar-refractivity contribution in [3.63, 3.8) is 0 Å². The Hall–Kier alpha value is -0.860. The van der Waals surface area contributed by atoms with Crippen LogP contribution in [0.15, 0.2) is 18.2 Å². The lowest BCUT2D eigenvalue weighted by Crippen LogP contribution is -2.41. The molecule has 20 heavy (non-hydrogen) atoms. The summed E-state index contributed by atoms with van der Waals surface area (Å²) in [6.07, 6.45) is 3.14. The van der Waals surface area contributed by atoms with E-state index in [-0.39, 0.29) is 6.10 Å². The predicted molar refractivity (Wildman–Crippen MR) is 84.9 cm³/mol. The van der Waals surface area contributed by atoms with E-state index < -0.39 is 0 Å². The molecule has 1 heterocycles. The third-order valence-corrected chi connectivity index (χ3v) is 4.57. The van der Waals surface area contributed by atoms with Crippen molar-refractivity contribution in [2.75, 3.05) is 13.1 Å². The maximum absolute atomic E-state index is 10.4. The van der Waals surface area contributed by atoms with E-state index in [1.807, 2.05) is 0 Å². The van der Waals surface area contributed by atoms with Gasteiger partial charge in [-0.25, -0.2) is 0 Å². The van der Waals surface area contributed by atoms with Gasteiger partial charge in [0.25, 0.3) is 0 Å². The molecule has 1 saturated heterocycles. The molecular formula is C18H29NO. The first-order valence-electron chi connectivity index (χ1n) is 7.96. The lowest BCUT2D eigenvalue weighted by molar-refractivity contribution is 0.0907. The van der Waals surface area contributed by atoms with Crippen LogP contribution in [0, 0.1) is 19.8 Å². The Labute approximate surface area is 123 Å².